The summed E-state index contributed by atoms with van der Waals surface area (Å²) in [6, 6.07) is 1.96. The van der Waals surface area contributed by atoms with Crippen molar-refractivity contribution in [3.05, 3.63) is 30.6 Å². The summed E-state index contributed by atoms with van der Waals surface area (Å²) in [7, 11) is 1.88. The summed E-state index contributed by atoms with van der Waals surface area (Å²) in [6.45, 7) is 5.97. The van der Waals surface area contributed by atoms with Crippen LogP contribution in [0.4, 0.5) is 0 Å². The summed E-state index contributed by atoms with van der Waals surface area (Å²) in [5.41, 5.74) is 0.996. The number of carbonyl (C=O) groups excluding carboxylic acids is 1. The van der Waals surface area contributed by atoms with Gasteiger partial charge in [-0.05, 0) is 13.0 Å². The van der Waals surface area contributed by atoms with E-state index in [-0.39, 0.29) is 11.2 Å². The van der Waals surface area contributed by atoms with Crippen LogP contribution in [0.3, 0.4) is 0 Å². The lowest BCUT2D eigenvalue weighted by Crippen LogP contribution is -2.30. The van der Waals surface area contributed by atoms with Crippen LogP contribution in [-0.2, 0) is 17.6 Å². The van der Waals surface area contributed by atoms with Crippen LogP contribution in [0.1, 0.15) is 12.6 Å². The molecule has 5 heteroatoms. The lowest BCUT2D eigenvalue weighted by molar-refractivity contribution is -0.120. The van der Waals surface area contributed by atoms with Crippen molar-refractivity contribution in [1.82, 2.24) is 15.1 Å². The van der Waals surface area contributed by atoms with Crippen molar-refractivity contribution >= 4 is 17.7 Å². The van der Waals surface area contributed by atoms with Gasteiger partial charge in [0.1, 0.15) is 0 Å². The van der Waals surface area contributed by atoms with Crippen LogP contribution >= 0.6 is 11.8 Å². The predicted molar refractivity (Wildman–Crippen MR) is 67.2 cm³/mol. The number of amides is 1. The number of thioether (sulfide) groups is 1. The van der Waals surface area contributed by atoms with Crippen LogP contribution in [0.5, 0.6) is 0 Å². The molecule has 4 nitrogen and oxygen atoms in total. The highest BCUT2D eigenvalue weighted by Gasteiger charge is 2.12. The van der Waals surface area contributed by atoms with E-state index in [1.807, 2.05) is 26.2 Å². The fourth-order valence-corrected chi connectivity index (χ4v) is 1.95. The second-order valence-corrected chi connectivity index (χ2v) is 4.80. The predicted octanol–water partition coefficient (Wildman–Crippen LogP) is 1.34. The summed E-state index contributed by atoms with van der Waals surface area (Å²) >= 11 is 1.58. The lowest BCUT2D eigenvalue weighted by Gasteiger charge is -2.09. The van der Waals surface area contributed by atoms with Crippen LogP contribution in [0.25, 0.3) is 0 Å². The van der Waals surface area contributed by atoms with Crippen LogP contribution in [-0.4, -0.2) is 27.5 Å². The highest BCUT2D eigenvalue weighted by atomic mass is 32.2. The van der Waals surface area contributed by atoms with Gasteiger partial charge in [0, 0.05) is 25.5 Å². The van der Waals surface area contributed by atoms with E-state index in [1.54, 1.807) is 22.5 Å². The third-order valence-electron chi connectivity index (χ3n) is 2.04. The van der Waals surface area contributed by atoms with Gasteiger partial charge in [-0.2, -0.15) is 5.10 Å². The number of nitrogens with one attached hydrogen (secondary N) is 1. The first-order chi connectivity index (χ1) is 7.63. The van der Waals surface area contributed by atoms with Gasteiger partial charge >= 0.3 is 0 Å². The van der Waals surface area contributed by atoms with Crippen molar-refractivity contribution in [1.29, 1.82) is 0 Å². The molecule has 1 amide bonds. The topological polar surface area (TPSA) is 46.9 Å². The molecule has 0 aliphatic heterocycles. The van der Waals surface area contributed by atoms with Gasteiger partial charge in [-0.3, -0.25) is 9.48 Å². The Hall–Kier alpha value is -1.23. The van der Waals surface area contributed by atoms with Crippen LogP contribution in [0.2, 0.25) is 0 Å². The summed E-state index contributed by atoms with van der Waals surface area (Å²) in [4.78, 5) is 11.5. The average Bonchev–Trinajstić information content (AvgIpc) is 2.68. The van der Waals surface area contributed by atoms with Crippen molar-refractivity contribution in [2.24, 2.45) is 7.05 Å². The number of nitrogens with zero attached hydrogens (tertiary/aromatic N) is 2. The first-order valence-electron chi connectivity index (χ1n) is 5.12. The SMILES string of the molecule is C=CCNC(=O)C(C)SCc1ccn(C)n1. The maximum absolute atomic E-state index is 11.5. The van der Waals surface area contributed by atoms with E-state index in [0.717, 1.165) is 11.4 Å². The van der Waals surface area contributed by atoms with E-state index in [9.17, 15) is 4.79 Å². The van der Waals surface area contributed by atoms with E-state index < -0.39 is 0 Å². The third kappa shape index (κ3) is 4.10. The molecule has 1 atom stereocenters. The molecule has 1 aromatic heterocycles. The maximum Gasteiger partial charge on any atom is 0.233 e. The molecule has 0 spiro atoms. The van der Waals surface area contributed by atoms with E-state index in [1.165, 1.54) is 0 Å². The van der Waals surface area contributed by atoms with Crippen molar-refractivity contribution in [2.45, 2.75) is 17.9 Å². The van der Waals surface area contributed by atoms with Crippen LogP contribution in [0, 0.1) is 0 Å². The first-order valence-corrected chi connectivity index (χ1v) is 6.17. The minimum Gasteiger partial charge on any atom is -0.352 e. The Balaban J connectivity index is 2.31. The van der Waals surface area contributed by atoms with Gasteiger partial charge in [0.2, 0.25) is 5.91 Å². The third-order valence-corrected chi connectivity index (χ3v) is 3.22. The normalized spacial score (nSPS) is 12.1. The molecule has 1 aromatic rings. The fraction of sp³-hybridized carbons (Fsp3) is 0.455. The highest BCUT2D eigenvalue weighted by Crippen LogP contribution is 2.16. The number of hydrogen-bond acceptors (Lipinski definition) is 3. The fourth-order valence-electron chi connectivity index (χ4n) is 1.14. The molecule has 0 aromatic carbocycles. The Labute approximate surface area is 100 Å². The molecule has 88 valence electrons. The van der Waals surface area contributed by atoms with Crippen molar-refractivity contribution in [3.63, 3.8) is 0 Å². The molecule has 1 unspecified atom stereocenters. The number of aromatic nitrogens is 2. The van der Waals surface area contributed by atoms with Gasteiger partial charge in [-0.25, -0.2) is 0 Å². The molecule has 0 radical (unpaired) electrons. The number of carbonyl (C=O) groups is 1. The van der Waals surface area contributed by atoms with E-state index in [4.69, 9.17) is 0 Å². The Morgan fingerprint density at radius 1 is 1.81 bits per heavy atom. The zero-order chi connectivity index (χ0) is 12.0. The molecular weight excluding hydrogens is 222 g/mol. The maximum atomic E-state index is 11.5. The highest BCUT2D eigenvalue weighted by molar-refractivity contribution is 7.99. The zero-order valence-electron chi connectivity index (χ0n) is 9.64. The Kier molecular flexibility index (Phi) is 5.11. The number of aryl methyl sites for hydroxylation is 1. The molecule has 0 fully saturated rings. The quantitative estimate of drug-likeness (QED) is 0.762. The molecule has 0 saturated carbocycles. The lowest BCUT2D eigenvalue weighted by atomic mass is 10.4. The molecule has 16 heavy (non-hydrogen) atoms. The standard InChI is InChI=1S/C11H17N3OS/c1-4-6-12-11(15)9(2)16-8-10-5-7-14(3)13-10/h4-5,7,9H,1,6,8H2,2-3H3,(H,12,15). The summed E-state index contributed by atoms with van der Waals surface area (Å²) in [5, 5.41) is 6.95. The van der Waals surface area contributed by atoms with E-state index in [2.05, 4.69) is 17.0 Å². The number of hydrogen-bond donors (Lipinski definition) is 1. The molecule has 0 aliphatic carbocycles. The van der Waals surface area contributed by atoms with Crippen molar-refractivity contribution in [2.75, 3.05) is 6.54 Å². The summed E-state index contributed by atoms with van der Waals surface area (Å²) in [6.07, 6.45) is 3.58. The largest absolute Gasteiger partial charge is 0.352 e. The summed E-state index contributed by atoms with van der Waals surface area (Å²) < 4.78 is 1.76. The molecule has 1 rings (SSSR count). The van der Waals surface area contributed by atoms with Gasteiger partial charge in [-0.1, -0.05) is 6.08 Å². The van der Waals surface area contributed by atoms with Crippen LogP contribution in [0.15, 0.2) is 24.9 Å². The van der Waals surface area contributed by atoms with Gasteiger partial charge in [-0.15, -0.1) is 18.3 Å². The van der Waals surface area contributed by atoms with Crippen molar-refractivity contribution < 1.29 is 4.79 Å². The van der Waals surface area contributed by atoms with Crippen LogP contribution < -0.4 is 5.32 Å². The minimum absolute atomic E-state index is 0.0424. The van der Waals surface area contributed by atoms with Gasteiger partial charge in [0.25, 0.3) is 0 Å². The molecule has 1 heterocycles. The molecule has 0 aliphatic rings. The van der Waals surface area contributed by atoms with Gasteiger partial charge in [0.05, 0.1) is 10.9 Å². The van der Waals surface area contributed by atoms with E-state index >= 15 is 0 Å². The molecule has 0 bridgehead atoms. The van der Waals surface area contributed by atoms with Gasteiger partial charge < -0.3 is 5.32 Å². The minimum atomic E-state index is -0.0676. The molecular formula is C11H17N3OS. The number of rotatable bonds is 6. The zero-order valence-corrected chi connectivity index (χ0v) is 10.5. The summed E-state index contributed by atoms with van der Waals surface area (Å²) in [5.74, 6) is 0.796. The monoisotopic (exact) mass is 239 g/mol. The van der Waals surface area contributed by atoms with Crippen molar-refractivity contribution in [3.8, 4) is 0 Å². The Morgan fingerprint density at radius 2 is 2.56 bits per heavy atom. The van der Waals surface area contributed by atoms with E-state index in [0.29, 0.717) is 6.54 Å². The molecule has 0 saturated heterocycles. The Bertz CT molecular complexity index is 362. The van der Waals surface area contributed by atoms with Gasteiger partial charge in [0.15, 0.2) is 0 Å². The second-order valence-electron chi connectivity index (χ2n) is 3.47. The smallest absolute Gasteiger partial charge is 0.233 e. The Morgan fingerprint density at radius 3 is 3.12 bits per heavy atom. The first kappa shape index (κ1) is 12.8. The average molecular weight is 239 g/mol. The molecule has 1 N–H and O–H groups in total. The second kappa shape index (κ2) is 6.37.